The Morgan fingerprint density at radius 1 is 1.11 bits per heavy atom. The second-order valence-corrected chi connectivity index (χ2v) is 5.34. The number of nitrogens with one attached hydrogen (secondary N) is 1. The molecule has 0 fully saturated rings. The zero-order valence-corrected chi connectivity index (χ0v) is 12.3. The van der Waals surface area contributed by atoms with Crippen molar-refractivity contribution in [3.05, 3.63) is 57.6 Å². The first kappa shape index (κ1) is 13.6. The second kappa shape index (κ2) is 5.45. The van der Waals surface area contributed by atoms with Gasteiger partial charge in [0.25, 0.3) is 0 Å². The first-order valence-corrected chi connectivity index (χ1v) is 6.64. The van der Waals surface area contributed by atoms with E-state index in [-0.39, 0.29) is 5.56 Å². The fraction of sp³-hybridized carbons (Fsp3) is 0.133. The van der Waals surface area contributed by atoms with Crippen LogP contribution in [-0.4, -0.2) is 11.1 Å². The molecular formula is C15H14BrNO2. The summed E-state index contributed by atoms with van der Waals surface area (Å²) < 4.78 is 1.05. The lowest BCUT2D eigenvalue weighted by atomic mass is 10.1. The van der Waals surface area contributed by atoms with Gasteiger partial charge in [-0.15, -0.1) is 0 Å². The molecule has 0 unspecified atom stereocenters. The molecule has 0 heterocycles. The quantitative estimate of drug-likeness (QED) is 0.875. The van der Waals surface area contributed by atoms with Crippen LogP contribution in [0.5, 0.6) is 0 Å². The number of carboxylic acid groups (broad SMARTS) is 1. The summed E-state index contributed by atoms with van der Waals surface area (Å²) in [6, 6.07) is 10.8. The summed E-state index contributed by atoms with van der Waals surface area (Å²) in [6.07, 6.45) is 0. The second-order valence-electron chi connectivity index (χ2n) is 4.42. The number of aromatic carboxylic acids is 1. The first-order valence-electron chi connectivity index (χ1n) is 5.84. The van der Waals surface area contributed by atoms with Crippen molar-refractivity contribution in [1.82, 2.24) is 0 Å². The molecule has 2 N–H and O–H groups in total. The van der Waals surface area contributed by atoms with Crippen molar-refractivity contribution < 1.29 is 9.90 Å². The molecule has 0 aliphatic carbocycles. The number of halogens is 1. The van der Waals surface area contributed by atoms with Crippen molar-refractivity contribution in [1.29, 1.82) is 0 Å². The number of carbonyl (C=O) groups is 1. The highest BCUT2D eigenvalue weighted by molar-refractivity contribution is 9.10. The summed E-state index contributed by atoms with van der Waals surface area (Å²) in [6.45, 7) is 4.07. The van der Waals surface area contributed by atoms with E-state index in [9.17, 15) is 4.79 Å². The number of benzene rings is 2. The monoisotopic (exact) mass is 319 g/mol. The van der Waals surface area contributed by atoms with Crippen LogP contribution in [0.2, 0.25) is 0 Å². The molecular weight excluding hydrogens is 306 g/mol. The van der Waals surface area contributed by atoms with Crippen molar-refractivity contribution >= 4 is 33.3 Å². The Hall–Kier alpha value is -1.81. The van der Waals surface area contributed by atoms with Crippen molar-refractivity contribution in [3.63, 3.8) is 0 Å². The summed E-state index contributed by atoms with van der Waals surface area (Å²) in [4.78, 5) is 10.8. The number of hydrogen-bond acceptors (Lipinski definition) is 2. The molecule has 0 aromatic heterocycles. The van der Waals surface area contributed by atoms with Gasteiger partial charge < -0.3 is 10.4 Å². The van der Waals surface area contributed by atoms with Gasteiger partial charge in [-0.3, -0.25) is 0 Å². The zero-order valence-electron chi connectivity index (χ0n) is 10.7. The van der Waals surface area contributed by atoms with Gasteiger partial charge in [0, 0.05) is 15.8 Å². The molecule has 0 spiro atoms. The molecule has 0 bridgehead atoms. The summed E-state index contributed by atoms with van der Waals surface area (Å²) in [5, 5.41) is 12.2. The Bertz CT molecular complexity index is 598. The van der Waals surface area contributed by atoms with E-state index in [0.717, 1.165) is 27.0 Å². The number of aryl methyl sites for hydroxylation is 2. The van der Waals surface area contributed by atoms with Crippen LogP contribution < -0.4 is 5.32 Å². The fourth-order valence-corrected chi connectivity index (χ4v) is 2.64. The molecule has 0 aliphatic heterocycles. The van der Waals surface area contributed by atoms with Gasteiger partial charge in [0.15, 0.2) is 0 Å². The Morgan fingerprint density at radius 2 is 1.63 bits per heavy atom. The maximum Gasteiger partial charge on any atom is 0.335 e. The highest BCUT2D eigenvalue weighted by Crippen LogP contribution is 2.28. The minimum Gasteiger partial charge on any atom is -0.478 e. The predicted octanol–water partition coefficient (Wildman–Crippen LogP) is 4.51. The number of carboxylic acids is 1. The van der Waals surface area contributed by atoms with Crippen LogP contribution in [0.4, 0.5) is 11.4 Å². The van der Waals surface area contributed by atoms with Crippen LogP contribution in [0.1, 0.15) is 21.5 Å². The maximum atomic E-state index is 10.8. The Morgan fingerprint density at radius 3 is 2.11 bits per heavy atom. The standard InChI is InChI=1S/C15H14BrNO2/c1-9-7-12(16)8-10(2)14(9)17-13-5-3-11(4-6-13)15(18)19/h3-8,17H,1-2H3,(H,18,19). The van der Waals surface area contributed by atoms with E-state index in [2.05, 4.69) is 21.2 Å². The van der Waals surface area contributed by atoms with Crippen molar-refractivity contribution in [2.45, 2.75) is 13.8 Å². The van der Waals surface area contributed by atoms with Gasteiger partial charge in [-0.1, -0.05) is 15.9 Å². The van der Waals surface area contributed by atoms with Gasteiger partial charge in [-0.2, -0.15) is 0 Å². The summed E-state index contributed by atoms with van der Waals surface area (Å²) in [5.41, 5.74) is 4.47. The fourth-order valence-electron chi connectivity index (χ4n) is 1.95. The number of anilines is 2. The lowest BCUT2D eigenvalue weighted by molar-refractivity contribution is 0.0697. The van der Waals surface area contributed by atoms with Crippen LogP contribution in [0.3, 0.4) is 0 Å². The summed E-state index contributed by atoms with van der Waals surface area (Å²) >= 11 is 3.46. The third kappa shape index (κ3) is 3.15. The molecule has 0 radical (unpaired) electrons. The molecule has 3 nitrogen and oxygen atoms in total. The van der Waals surface area contributed by atoms with Crippen LogP contribution in [0.25, 0.3) is 0 Å². The Kier molecular flexibility index (Phi) is 3.90. The SMILES string of the molecule is Cc1cc(Br)cc(C)c1Nc1ccc(C(=O)O)cc1. The van der Waals surface area contributed by atoms with E-state index >= 15 is 0 Å². The summed E-state index contributed by atoms with van der Waals surface area (Å²) in [7, 11) is 0. The zero-order chi connectivity index (χ0) is 14.0. The van der Waals surface area contributed by atoms with Crippen molar-refractivity contribution in [2.75, 3.05) is 5.32 Å². The van der Waals surface area contributed by atoms with Gasteiger partial charge in [-0.25, -0.2) is 4.79 Å². The molecule has 0 amide bonds. The minimum atomic E-state index is -0.914. The maximum absolute atomic E-state index is 10.8. The van der Waals surface area contributed by atoms with Crippen molar-refractivity contribution in [3.8, 4) is 0 Å². The summed E-state index contributed by atoms with van der Waals surface area (Å²) in [5.74, 6) is -0.914. The molecule has 19 heavy (non-hydrogen) atoms. The molecule has 0 saturated carbocycles. The van der Waals surface area contributed by atoms with Crippen LogP contribution in [-0.2, 0) is 0 Å². The largest absolute Gasteiger partial charge is 0.478 e. The van der Waals surface area contributed by atoms with E-state index < -0.39 is 5.97 Å². The van der Waals surface area contributed by atoms with Crippen LogP contribution in [0.15, 0.2) is 40.9 Å². The molecule has 4 heteroatoms. The average molecular weight is 320 g/mol. The molecule has 2 aromatic carbocycles. The third-order valence-electron chi connectivity index (χ3n) is 2.90. The van der Waals surface area contributed by atoms with Gasteiger partial charge in [0.1, 0.15) is 0 Å². The highest BCUT2D eigenvalue weighted by atomic mass is 79.9. The van der Waals surface area contributed by atoms with Crippen LogP contribution in [0, 0.1) is 13.8 Å². The molecule has 0 aliphatic rings. The molecule has 2 rings (SSSR count). The van der Waals surface area contributed by atoms with Gasteiger partial charge >= 0.3 is 5.97 Å². The Balaban J connectivity index is 2.29. The van der Waals surface area contributed by atoms with Crippen LogP contribution >= 0.6 is 15.9 Å². The number of hydrogen-bond donors (Lipinski definition) is 2. The smallest absolute Gasteiger partial charge is 0.335 e. The average Bonchev–Trinajstić information content (AvgIpc) is 2.34. The molecule has 0 saturated heterocycles. The lowest BCUT2D eigenvalue weighted by Gasteiger charge is -2.13. The van der Waals surface area contributed by atoms with Gasteiger partial charge in [-0.05, 0) is 61.4 Å². The van der Waals surface area contributed by atoms with E-state index in [1.807, 2.05) is 26.0 Å². The van der Waals surface area contributed by atoms with Gasteiger partial charge in [0.05, 0.1) is 5.56 Å². The predicted molar refractivity (Wildman–Crippen MR) is 80.3 cm³/mol. The normalized spacial score (nSPS) is 10.3. The van der Waals surface area contributed by atoms with E-state index in [1.54, 1.807) is 24.3 Å². The molecule has 0 atom stereocenters. The third-order valence-corrected chi connectivity index (χ3v) is 3.36. The molecule has 2 aromatic rings. The highest BCUT2D eigenvalue weighted by Gasteiger charge is 2.06. The van der Waals surface area contributed by atoms with Crippen molar-refractivity contribution in [2.24, 2.45) is 0 Å². The van der Waals surface area contributed by atoms with E-state index in [4.69, 9.17) is 5.11 Å². The first-order chi connectivity index (χ1) is 8.97. The number of rotatable bonds is 3. The van der Waals surface area contributed by atoms with E-state index in [0.29, 0.717) is 0 Å². The van der Waals surface area contributed by atoms with E-state index in [1.165, 1.54) is 0 Å². The Labute approximate surface area is 120 Å². The lowest BCUT2D eigenvalue weighted by Crippen LogP contribution is -1.98. The van der Waals surface area contributed by atoms with Gasteiger partial charge in [0.2, 0.25) is 0 Å². The molecule has 98 valence electrons. The topological polar surface area (TPSA) is 49.3 Å². The minimum absolute atomic E-state index is 0.287.